The van der Waals surface area contributed by atoms with E-state index in [1.807, 2.05) is 0 Å². The van der Waals surface area contributed by atoms with Crippen molar-refractivity contribution in [1.29, 1.82) is 0 Å². The van der Waals surface area contributed by atoms with Crippen LogP contribution in [0.5, 0.6) is 0 Å². The van der Waals surface area contributed by atoms with Crippen LogP contribution < -0.4 is 0 Å². The maximum atomic E-state index is 14.3. The zero-order chi connectivity index (χ0) is 27.2. The molecule has 5 unspecified atom stereocenters. The lowest BCUT2D eigenvalue weighted by Crippen LogP contribution is -2.63. The number of hydrogen-bond donors (Lipinski definition) is 2. The first-order valence-electron chi connectivity index (χ1n) is 11.5. The Balaban J connectivity index is 1.56. The summed E-state index contributed by atoms with van der Waals surface area (Å²) in [6, 6.07) is 2.92. The van der Waals surface area contributed by atoms with Gasteiger partial charge in [0.15, 0.2) is 35.2 Å². The molecule has 0 amide bonds. The van der Waals surface area contributed by atoms with Crippen molar-refractivity contribution in [2.24, 2.45) is 0 Å². The van der Waals surface area contributed by atoms with Gasteiger partial charge in [0.2, 0.25) is 5.79 Å². The van der Waals surface area contributed by atoms with Crippen LogP contribution in [0.3, 0.4) is 0 Å². The van der Waals surface area contributed by atoms with Gasteiger partial charge in [-0.25, -0.2) is 31.4 Å². The zero-order valence-electron chi connectivity index (χ0n) is 19.4. The Morgan fingerprint density at radius 3 is 2.53 bits per heavy atom. The van der Waals surface area contributed by atoms with Crippen LogP contribution >= 0.6 is 0 Å². The van der Waals surface area contributed by atoms with Crippen LogP contribution in [0.1, 0.15) is 29.2 Å². The average molecular weight is 541 g/mol. The van der Waals surface area contributed by atoms with Gasteiger partial charge in [-0.05, 0) is 30.7 Å². The van der Waals surface area contributed by atoms with Gasteiger partial charge in [0.05, 0.1) is 25.0 Å². The van der Waals surface area contributed by atoms with E-state index in [1.165, 1.54) is 0 Å². The molecule has 0 bridgehead atoms. The van der Waals surface area contributed by atoms with E-state index in [9.17, 15) is 37.0 Å². The fourth-order valence-corrected chi connectivity index (χ4v) is 4.70. The molecule has 2 aromatic carbocycles. The summed E-state index contributed by atoms with van der Waals surface area (Å²) in [7, 11) is 0. The number of hydrogen-bond acceptors (Lipinski definition) is 8. The number of ether oxygens (including phenoxy) is 3. The monoisotopic (exact) mass is 541 g/mol. The van der Waals surface area contributed by atoms with Gasteiger partial charge in [-0.2, -0.15) is 0 Å². The fraction of sp³-hybridized carbons (Fsp3) is 0.375. The molecule has 9 nitrogen and oxygen atoms in total. The molecule has 2 fully saturated rings. The fourth-order valence-electron chi connectivity index (χ4n) is 4.70. The van der Waals surface area contributed by atoms with Crippen LogP contribution in [-0.2, 0) is 14.2 Å². The van der Waals surface area contributed by atoms with Gasteiger partial charge < -0.3 is 24.4 Å². The molecule has 2 aliphatic heterocycles. The maximum absolute atomic E-state index is 14.3. The summed E-state index contributed by atoms with van der Waals surface area (Å²) in [5.41, 5.74) is -1.05. The van der Waals surface area contributed by atoms with E-state index in [0.29, 0.717) is 18.6 Å². The van der Waals surface area contributed by atoms with Crippen LogP contribution in [0.2, 0.25) is 0 Å². The third kappa shape index (κ3) is 4.42. The Bertz CT molecular complexity index is 1340. The minimum absolute atomic E-state index is 0.131. The van der Waals surface area contributed by atoms with Crippen LogP contribution in [0.15, 0.2) is 36.5 Å². The number of halogens is 5. The van der Waals surface area contributed by atoms with E-state index in [1.54, 1.807) is 0 Å². The van der Waals surface area contributed by atoms with Gasteiger partial charge in [0.1, 0.15) is 23.9 Å². The highest BCUT2D eigenvalue weighted by molar-refractivity contribution is 5.89. The summed E-state index contributed by atoms with van der Waals surface area (Å²) in [5, 5.41) is 28.6. The van der Waals surface area contributed by atoms with E-state index >= 15 is 0 Å². The highest BCUT2D eigenvalue weighted by atomic mass is 19.2. The molecule has 3 aromatic rings. The molecule has 1 spiro atoms. The van der Waals surface area contributed by atoms with Crippen molar-refractivity contribution < 1.29 is 51.2 Å². The van der Waals surface area contributed by atoms with E-state index < -0.39 is 77.4 Å². The minimum Gasteiger partial charge on any atom is -0.451 e. The molecule has 2 N–H and O–H groups in total. The first-order valence-corrected chi connectivity index (χ1v) is 11.5. The van der Waals surface area contributed by atoms with E-state index in [-0.39, 0.29) is 24.3 Å². The lowest BCUT2D eigenvalue weighted by Gasteiger charge is -2.48. The molecule has 5 rings (SSSR count). The largest absolute Gasteiger partial charge is 0.451 e. The van der Waals surface area contributed by atoms with Gasteiger partial charge >= 0.3 is 5.97 Å². The van der Waals surface area contributed by atoms with Crippen molar-refractivity contribution in [2.45, 2.75) is 43.0 Å². The number of aromatic nitrogens is 3. The van der Waals surface area contributed by atoms with Gasteiger partial charge in [-0.3, -0.25) is 0 Å². The first kappa shape index (κ1) is 26.2. The van der Waals surface area contributed by atoms with Crippen LogP contribution in [0.4, 0.5) is 22.0 Å². The third-order valence-corrected chi connectivity index (χ3v) is 6.52. The molecule has 3 heterocycles. The van der Waals surface area contributed by atoms with Crippen LogP contribution in [-0.4, -0.2) is 68.5 Å². The Morgan fingerprint density at radius 2 is 1.87 bits per heavy atom. The summed E-state index contributed by atoms with van der Waals surface area (Å²) < 4.78 is 87.2. The number of aliphatic hydroxyl groups excluding tert-OH is 2. The van der Waals surface area contributed by atoms with Crippen molar-refractivity contribution in [1.82, 2.24) is 15.0 Å². The Hall–Kier alpha value is -3.46. The Kier molecular flexibility index (Phi) is 6.90. The predicted molar refractivity (Wildman–Crippen MR) is 116 cm³/mol. The van der Waals surface area contributed by atoms with Crippen molar-refractivity contribution >= 4 is 5.97 Å². The molecule has 0 radical (unpaired) electrons. The molecule has 202 valence electrons. The Labute approximate surface area is 211 Å². The second kappa shape index (κ2) is 10.0. The summed E-state index contributed by atoms with van der Waals surface area (Å²) in [6.45, 7) is -0.530. The highest BCUT2D eigenvalue weighted by Crippen LogP contribution is 2.45. The van der Waals surface area contributed by atoms with Gasteiger partial charge in [-0.1, -0.05) is 11.3 Å². The van der Waals surface area contributed by atoms with E-state index in [4.69, 9.17) is 14.2 Å². The molecule has 14 heteroatoms. The lowest BCUT2D eigenvalue weighted by atomic mass is 9.88. The summed E-state index contributed by atoms with van der Waals surface area (Å²) in [5.74, 6) is -10.4. The molecule has 38 heavy (non-hydrogen) atoms. The number of carbonyl (C=O) groups excluding carboxylic acids is 1. The van der Waals surface area contributed by atoms with Crippen molar-refractivity contribution in [3.05, 3.63) is 71.2 Å². The standard InChI is InChI=1S/C24H20F5N3O6/c25-13-4-1-3-12(18(13)28)23(35)37-22-20(21(34)17(10-33)38-24(22)5-2-6-36-24)32-9-16(30-31-32)11-7-14(26)19(29)15(27)8-11/h1,3-4,7-9,17,20-22,33-34H,2,5-6,10H2. The van der Waals surface area contributed by atoms with Gasteiger partial charge in [-0.15, -0.1) is 5.10 Å². The second-order valence-corrected chi connectivity index (χ2v) is 8.85. The molecule has 1 aromatic heterocycles. The summed E-state index contributed by atoms with van der Waals surface area (Å²) in [4.78, 5) is 13.0. The van der Waals surface area contributed by atoms with E-state index in [0.717, 1.165) is 29.1 Å². The maximum Gasteiger partial charge on any atom is 0.341 e. The molecule has 0 aliphatic carbocycles. The molecule has 2 saturated heterocycles. The third-order valence-electron chi connectivity index (χ3n) is 6.52. The second-order valence-electron chi connectivity index (χ2n) is 8.85. The highest BCUT2D eigenvalue weighted by Gasteiger charge is 2.60. The SMILES string of the molecule is O=C(OC1C(n2cc(-c3cc(F)c(F)c(F)c3)nn2)C(O)C(CO)OC12CCCO2)c1cccc(F)c1F. The van der Waals surface area contributed by atoms with Gasteiger partial charge in [0, 0.05) is 12.0 Å². The smallest absolute Gasteiger partial charge is 0.341 e. The van der Waals surface area contributed by atoms with Crippen molar-refractivity contribution in [3.63, 3.8) is 0 Å². The normalized spacial score (nSPS) is 27.1. The lowest BCUT2D eigenvalue weighted by molar-refractivity contribution is -0.337. The number of aliphatic hydroxyl groups is 2. The molecular formula is C24H20F5N3O6. The van der Waals surface area contributed by atoms with Crippen molar-refractivity contribution in [2.75, 3.05) is 13.2 Å². The molecule has 0 saturated carbocycles. The summed E-state index contributed by atoms with van der Waals surface area (Å²) >= 11 is 0. The number of nitrogens with zero attached hydrogens (tertiary/aromatic N) is 3. The van der Waals surface area contributed by atoms with E-state index in [2.05, 4.69) is 10.3 Å². The first-order chi connectivity index (χ1) is 18.1. The molecular weight excluding hydrogens is 521 g/mol. The topological polar surface area (TPSA) is 116 Å². The van der Waals surface area contributed by atoms with Gasteiger partial charge in [0.25, 0.3) is 0 Å². The number of benzene rings is 2. The van der Waals surface area contributed by atoms with Crippen LogP contribution in [0.25, 0.3) is 11.3 Å². The predicted octanol–water partition coefficient (Wildman–Crippen LogP) is 2.67. The van der Waals surface area contributed by atoms with Crippen LogP contribution in [0, 0.1) is 29.1 Å². The molecule has 2 aliphatic rings. The molecule has 5 atom stereocenters. The van der Waals surface area contributed by atoms with Crippen molar-refractivity contribution in [3.8, 4) is 11.3 Å². The number of carbonyl (C=O) groups is 1. The average Bonchev–Trinajstić information content (AvgIpc) is 3.57. The quantitative estimate of drug-likeness (QED) is 0.288. The number of rotatable bonds is 5. The summed E-state index contributed by atoms with van der Waals surface area (Å²) in [6.07, 6.45) is -2.69. The number of esters is 1. The Morgan fingerprint density at radius 1 is 1.13 bits per heavy atom. The zero-order valence-corrected chi connectivity index (χ0v) is 19.4. The minimum atomic E-state index is -1.71.